The molecule has 0 amide bonds. The van der Waals surface area contributed by atoms with Gasteiger partial charge in [0.15, 0.2) is 6.10 Å². The Balaban J connectivity index is 1.91. The zero-order chi connectivity index (χ0) is 7.68. The Hall–Kier alpha value is -1.03. The summed E-state index contributed by atoms with van der Waals surface area (Å²) in [7, 11) is 0. The average Bonchev–Trinajstić information content (AvgIpc) is 2.49. The Morgan fingerprint density at radius 3 is 3.09 bits per heavy atom. The third-order valence-electron chi connectivity index (χ3n) is 1.77. The van der Waals surface area contributed by atoms with E-state index in [9.17, 15) is 0 Å². The number of hydrogen-bond donors (Lipinski definition) is 0. The first kappa shape index (κ1) is 6.67. The molecule has 1 saturated heterocycles. The molecule has 1 aromatic rings. The zero-order valence-electron chi connectivity index (χ0n) is 6.30. The quantitative estimate of drug-likeness (QED) is 0.606. The van der Waals surface area contributed by atoms with Crippen LogP contribution in [0, 0.1) is 0 Å². The molecule has 11 heavy (non-hydrogen) atoms. The summed E-state index contributed by atoms with van der Waals surface area (Å²) in [6, 6.07) is 1.82. The summed E-state index contributed by atoms with van der Waals surface area (Å²) < 4.78 is 5.13. The van der Waals surface area contributed by atoms with E-state index >= 15 is 0 Å². The predicted molar refractivity (Wildman–Crippen MR) is 38.0 cm³/mol. The summed E-state index contributed by atoms with van der Waals surface area (Å²) in [5.41, 5.74) is 0. The molecule has 0 aromatic carbocycles. The average molecular weight is 154 g/mol. The van der Waals surface area contributed by atoms with Gasteiger partial charge in [0.2, 0.25) is 0 Å². The van der Waals surface area contributed by atoms with Crippen molar-refractivity contribution < 1.29 is 9.57 Å². The molecule has 4 heteroatoms. The van der Waals surface area contributed by atoms with Crippen molar-refractivity contribution in [1.29, 1.82) is 0 Å². The molecule has 2 atom stereocenters. The van der Waals surface area contributed by atoms with Crippen LogP contribution in [0.1, 0.15) is 6.92 Å². The fourth-order valence-electron chi connectivity index (χ4n) is 0.939. The molecular weight excluding hydrogens is 144 g/mol. The van der Waals surface area contributed by atoms with Gasteiger partial charge in [-0.25, -0.2) is 0 Å². The molecule has 1 aliphatic heterocycles. The second-order valence-corrected chi connectivity index (χ2v) is 2.59. The molecule has 4 nitrogen and oxygen atoms in total. The molecule has 60 valence electrons. The third-order valence-corrected chi connectivity index (χ3v) is 1.77. The second-order valence-electron chi connectivity index (χ2n) is 2.59. The maximum Gasteiger partial charge on any atom is 0.176 e. The molecule has 0 aliphatic carbocycles. The summed E-state index contributed by atoms with van der Waals surface area (Å²) in [6.07, 6.45) is 3.81. The molecule has 0 bridgehead atoms. The molecule has 1 aliphatic rings. The van der Waals surface area contributed by atoms with Gasteiger partial charge in [-0.05, 0) is 13.0 Å². The van der Waals surface area contributed by atoms with Crippen molar-refractivity contribution in [2.24, 2.45) is 0 Å². The van der Waals surface area contributed by atoms with Gasteiger partial charge in [-0.15, -0.1) is 9.94 Å². The largest absolute Gasteiger partial charge is 0.388 e. The maximum absolute atomic E-state index is 5.38. The molecule has 1 aromatic heterocycles. The van der Waals surface area contributed by atoms with Crippen LogP contribution >= 0.6 is 0 Å². The van der Waals surface area contributed by atoms with Gasteiger partial charge in [0, 0.05) is 0 Å². The Kier molecular flexibility index (Phi) is 1.54. The molecule has 0 spiro atoms. The minimum Gasteiger partial charge on any atom is -0.388 e. The van der Waals surface area contributed by atoms with Crippen molar-refractivity contribution in [2.75, 3.05) is 6.61 Å². The van der Waals surface area contributed by atoms with Crippen molar-refractivity contribution in [3.05, 3.63) is 18.5 Å². The van der Waals surface area contributed by atoms with Crippen LogP contribution in [-0.4, -0.2) is 28.8 Å². The summed E-state index contributed by atoms with van der Waals surface area (Å²) >= 11 is 0. The van der Waals surface area contributed by atoms with E-state index in [4.69, 9.17) is 9.57 Å². The van der Waals surface area contributed by atoms with Crippen molar-refractivity contribution in [2.45, 2.75) is 19.1 Å². The van der Waals surface area contributed by atoms with Crippen molar-refractivity contribution in [3.8, 4) is 0 Å². The summed E-state index contributed by atoms with van der Waals surface area (Å²) in [5, 5.41) is 3.91. The number of ether oxygens (including phenoxy) is 1. The highest BCUT2D eigenvalue weighted by Crippen LogP contribution is 2.12. The lowest BCUT2D eigenvalue weighted by Crippen LogP contribution is -2.49. The van der Waals surface area contributed by atoms with Crippen LogP contribution in [0.15, 0.2) is 18.5 Å². The molecule has 0 unspecified atom stereocenters. The zero-order valence-corrected chi connectivity index (χ0v) is 6.30. The molecule has 0 saturated carbocycles. The predicted octanol–water partition coefficient (Wildman–Crippen LogP) is 0.0990. The van der Waals surface area contributed by atoms with Gasteiger partial charge >= 0.3 is 0 Å². The van der Waals surface area contributed by atoms with Crippen molar-refractivity contribution in [1.82, 2.24) is 9.94 Å². The highest BCUT2D eigenvalue weighted by molar-refractivity contribution is 4.79. The van der Waals surface area contributed by atoms with Gasteiger partial charge in [-0.3, -0.25) is 0 Å². The fraction of sp³-hybridized carbons (Fsp3) is 0.571. The van der Waals surface area contributed by atoms with E-state index in [1.807, 2.05) is 13.0 Å². The van der Waals surface area contributed by atoms with Gasteiger partial charge in [-0.1, -0.05) is 0 Å². The van der Waals surface area contributed by atoms with Crippen LogP contribution in [-0.2, 0) is 4.74 Å². The van der Waals surface area contributed by atoms with E-state index in [0.717, 1.165) is 0 Å². The first-order valence-corrected chi connectivity index (χ1v) is 3.64. The van der Waals surface area contributed by atoms with Crippen LogP contribution in [0.3, 0.4) is 0 Å². The van der Waals surface area contributed by atoms with Crippen molar-refractivity contribution >= 4 is 0 Å². The SMILES string of the molecule is C[C@@H]1OC[C@@H]1On1cccn1. The summed E-state index contributed by atoms with van der Waals surface area (Å²) in [6.45, 7) is 2.65. The highest BCUT2D eigenvalue weighted by atomic mass is 16.7. The van der Waals surface area contributed by atoms with Crippen LogP contribution < -0.4 is 4.84 Å². The van der Waals surface area contributed by atoms with E-state index in [1.165, 1.54) is 4.85 Å². The van der Waals surface area contributed by atoms with Gasteiger partial charge in [0.1, 0.15) is 0 Å². The number of nitrogens with zero attached hydrogens (tertiary/aromatic N) is 2. The van der Waals surface area contributed by atoms with Crippen LogP contribution in [0.5, 0.6) is 0 Å². The molecule has 1 fully saturated rings. The molecule has 2 rings (SSSR count). The van der Waals surface area contributed by atoms with Gasteiger partial charge in [0.05, 0.1) is 25.1 Å². The van der Waals surface area contributed by atoms with E-state index in [2.05, 4.69) is 5.10 Å². The normalized spacial score (nSPS) is 29.5. The van der Waals surface area contributed by atoms with Crippen molar-refractivity contribution in [3.63, 3.8) is 0 Å². The number of aromatic nitrogens is 2. The smallest absolute Gasteiger partial charge is 0.176 e. The maximum atomic E-state index is 5.38. The molecular formula is C7H10N2O2. The molecule has 2 heterocycles. The lowest BCUT2D eigenvalue weighted by atomic mass is 10.2. The van der Waals surface area contributed by atoms with Gasteiger partial charge in [-0.2, -0.15) is 0 Å². The first-order chi connectivity index (χ1) is 5.36. The lowest BCUT2D eigenvalue weighted by molar-refractivity contribution is -0.186. The lowest BCUT2D eigenvalue weighted by Gasteiger charge is -2.32. The Morgan fingerprint density at radius 2 is 2.64 bits per heavy atom. The van der Waals surface area contributed by atoms with Crippen LogP contribution in [0.25, 0.3) is 0 Å². The Bertz CT molecular complexity index is 222. The fourth-order valence-corrected chi connectivity index (χ4v) is 0.939. The van der Waals surface area contributed by atoms with E-state index in [1.54, 1.807) is 12.4 Å². The van der Waals surface area contributed by atoms with Crippen LogP contribution in [0.4, 0.5) is 0 Å². The topological polar surface area (TPSA) is 36.3 Å². The summed E-state index contributed by atoms with van der Waals surface area (Å²) in [5.74, 6) is 0. The van der Waals surface area contributed by atoms with E-state index in [-0.39, 0.29) is 12.2 Å². The standard InChI is InChI=1S/C7H10N2O2/c1-6-7(5-10-6)11-9-4-2-3-8-9/h2-4,6-7H,5H2,1H3/t6-,7-/m0/s1. The first-order valence-electron chi connectivity index (χ1n) is 3.64. The number of hydrogen-bond acceptors (Lipinski definition) is 3. The van der Waals surface area contributed by atoms with E-state index < -0.39 is 0 Å². The minimum absolute atomic E-state index is 0.162. The molecule has 0 N–H and O–H groups in total. The van der Waals surface area contributed by atoms with Crippen LogP contribution in [0.2, 0.25) is 0 Å². The highest BCUT2D eigenvalue weighted by Gasteiger charge is 2.30. The summed E-state index contributed by atoms with van der Waals surface area (Å²) in [4.78, 5) is 6.85. The minimum atomic E-state index is 0.162. The van der Waals surface area contributed by atoms with E-state index in [0.29, 0.717) is 6.61 Å². The Labute approximate surface area is 64.7 Å². The monoisotopic (exact) mass is 154 g/mol. The Morgan fingerprint density at radius 1 is 1.73 bits per heavy atom. The van der Waals surface area contributed by atoms with Gasteiger partial charge in [0.25, 0.3) is 0 Å². The second kappa shape index (κ2) is 2.54. The molecule has 0 radical (unpaired) electrons. The third kappa shape index (κ3) is 1.21. The number of rotatable bonds is 2. The van der Waals surface area contributed by atoms with Gasteiger partial charge < -0.3 is 9.57 Å².